The summed E-state index contributed by atoms with van der Waals surface area (Å²) in [4.78, 5) is 17.5. The van der Waals surface area contributed by atoms with Crippen molar-refractivity contribution in [3.05, 3.63) is 60.4 Å². The van der Waals surface area contributed by atoms with Gasteiger partial charge in [-0.05, 0) is 55.1 Å². The van der Waals surface area contributed by atoms with E-state index >= 15 is 0 Å². The summed E-state index contributed by atoms with van der Waals surface area (Å²) >= 11 is 0. The summed E-state index contributed by atoms with van der Waals surface area (Å²) < 4.78 is 2.15. The molecule has 0 unspecified atom stereocenters. The van der Waals surface area contributed by atoms with Gasteiger partial charge in [-0.25, -0.2) is 4.98 Å². The quantitative estimate of drug-likeness (QED) is 0.730. The lowest BCUT2D eigenvalue weighted by atomic mass is 9.67. The van der Waals surface area contributed by atoms with E-state index in [9.17, 15) is 4.79 Å². The Morgan fingerprint density at radius 1 is 1.18 bits per heavy atom. The van der Waals surface area contributed by atoms with Crippen LogP contribution in [0.4, 0.5) is 5.69 Å². The van der Waals surface area contributed by atoms with Crippen molar-refractivity contribution in [2.45, 2.75) is 32.2 Å². The number of fused-ring (bicyclic) bond motifs is 2. The molecule has 1 saturated carbocycles. The molecule has 2 N–H and O–H groups in total. The molecule has 28 heavy (non-hydrogen) atoms. The Morgan fingerprint density at radius 3 is 2.93 bits per heavy atom. The van der Waals surface area contributed by atoms with Crippen LogP contribution in [0.3, 0.4) is 0 Å². The van der Waals surface area contributed by atoms with Gasteiger partial charge in [0, 0.05) is 18.8 Å². The number of nitrogens with one attached hydrogen (secondary N) is 2. The fraction of sp³-hybridized carbons (Fsp3) is 0.391. The van der Waals surface area contributed by atoms with Crippen LogP contribution in [-0.2, 0) is 11.3 Å². The Morgan fingerprint density at radius 2 is 2.04 bits per heavy atom. The van der Waals surface area contributed by atoms with Crippen LogP contribution in [0, 0.1) is 11.3 Å². The van der Waals surface area contributed by atoms with Gasteiger partial charge in [0.1, 0.15) is 0 Å². The minimum absolute atomic E-state index is 0.190. The molecule has 1 aliphatic carbocycles. The number of hydrogen-bond acceptors (Lipinski definition) is 3. The molecular weight excluding hydrogens is 348 g/mol. The molecule has 144 valence electrons. The average molecular weight is 374 g/mol. The van der Waals surface area contributed by atoms with Gasteiger partial charge < -0.3 is 15.2 Å². The maximum Gasteiger partial charge on any atom is 0.232 e. The van der Waals surface area contributed by atoms with E-state index in [1.54, 1.807) is 0 Å². The molecule has 3 aromatic rings. The van der Waals surface area contributed by atoms with E-state index < -0.39 is 0 Å². The summed E-state index contributed by atoms with van der Waals surface area (Å²) in [6, 6.07) is 16.4. The summed E-state index contributed by atoms with van der Waals surface area (Å²) in [5.41, 5.74) is 4.01. The van der Waals surface area contributed by atoms with Gasteiger partial charge in [-0.3, -0.25) is 4.79 Å². The first kappa shape index (κ1) is 17.4. The minimum atomic E-state index is -0.216. The maximum atomic E-state index is 13.1. The molecule has 1 aliphatic heterocycles. The Bertz CT molecular complexity index is 993. The lowest BCUT2D eigenvalue weighted by molar-refractivity contribution is -0.128. The van der Waals surface area contributed by atoms with E-state index in [1.807, 2.05) is 36.7 Å². The molecule has 1 amide bonds. The standard InChI is InChI=1S/C23H26N4O/c28-22(23-12-4-3-5-18(23)13-24-15-23)26-19-10-8-17(9-11-19)14-27-16-25-20-6-1-2-7-21(20)27/h1-2,6-11,16,18,24H,3-5,12-15H2,(H,26,28)/t18-,23+/m0/s1. The lowest BCUT2D eigenvalue weighted by Gasteiger charge is -2.37. The Balaban J connectivity index is 1.29. The van der Waals surface area contributed by atoms with Gasteiger partial charge in [0.05, 0.1) is 22.8 Å². The van der Waals surface area contributed by atoms with Crippen LogP contribution in [0.1, 0.15) is 31.2 Å². The van der Waals surface area contributed by atoms with Gasteiger partial charge in [0.2, 0.25) is 5.91 Å². The van der Waals surface area contributed by atoms with Gasteiger partial charge in [0.25, 0.3) is 0 Å². The second-order valence-electron chi connectivity index (χ2n) is 8.24. The Kier molecular flexibility index (Phi) is 4.40. The van der Waals surface area contributed by atoms with Gasteiger partial charge in [-0.2, -0.15) is 0 Å². The van der Waals surface area contributed by atoms with Crippen LogP contribution in [0.2, 0.25) is 0 Å². The number of benzene rings is 2. The molecule has 2 aliphatic rings. The predicted molar refractivity (Wildman–Crippen MR) is 111 cm³/mol. The molecule has 2 heterocycles. The summed E-state index contributed by atoms with van der Waals surface area (Å²) in [6.07, 6.45) is 6.46. The molecule has 1 saturated heterocycles. The van der Waals surface area contributed by atoms with Gasteiger partial charge in [-0.1, -0.05) is 37.1 Å². The number of aromatic nitrogens is 2. The topological polar surface area (TPSA) is 59.0 Å². The van der Waals surface area contributed by atoms with Gasteiger partial charge in [0.15, 0.2) is 0 Å². The molecule has 5 rings (SSSR count). The van der Waals surface area contributed by atoms with Crippen LogP contribution >= 0.6 is 0 Å². The van der Waals surface area contributed by atoms with Crippen molar-refractivity contribution in [2.75, 3.05) is 18.4 Å². The summed E-state index contributed by atoms with van der Waals surface area (Å²) in [7, 11) is 0. The van der Waals surface area contributed by atoms with Crippen LogP contribution < -0.4 is 10.6 Å². The van der Waals surface area contributed by atoms with E-state index in [1.165, 1.54) is 12.0 Å². The third-order valence-corrected chi connectivity index (χ3v) is 6.58. The summed E-state index contributed by atoms with van der Waals surface area (Å²) in [5, 5.41) is 6.64. The van der Waals surface area contributed by atoms with Gasteiger partial charge in [-0.15, -0.1) is 0 Å². The average Bonchev–Trinajstić information content (AvgIpc) is 3.35. The SMILES string of the molecule is O=C(Nc1ccc(Cn2cnc3ccccc32)cc1)[C@@]12CCCC[C@H]1CNC2. The smallest absolute Gasteiger partial charge is 0.232 e. The van der Waals surface area contributed by atoms with Crippen molar-refractivity contribution in [3.63, 3.8) is 0 Å². The lowest BCUT2D eigenvalue weighted by Crippen LogP contribution is -2.44. The Labute approximate surface area is 165 Å². The monoisotopic (exact) mass is 374 g/mol. The van der Waals surface area contributed by atoms with Crippen LogP contribution in [0.15, 0.2) is 54.9 Å². The highest BCUT2D eigenvalue weighted by Gasteiger charge is 2.49. The molecule has 0 bridgehead atoms. The minimum Gasteiger partial charge on any atom is -0.326 e. The normalized spacial score (nSPS) is 24.2. The van der Waals surface area contributed by atoms with Crippen molar-refractivity contribution in [1.29, 1.82) is 0 Å². The molecule has 1 aromatic heterocycles. The summed E-state index contributed by atoms with van der Waals surface area (Å²) in [5.74, 6) is 0.672. The Hall–Kier alpha value is -2.66. The second-order valence-corrected chi connectivity index (χ2v) is 8.24. The molecule has 2 fully saturated rings. The zero-order valence-electron chi connectivity index (χ0n) is 16.0. The molecule has 5 heteroatoms. The van der Waals surface area contributed by atoms with Crippen molar-refractivity contribution in [1.82, 2.24) is 14.9 Å². The van der Waals surface area contributed by atoms with E-state index in [0.717, 1.165) is 55.6 Å². The van der Waals surface area contributed by atoms with Crippen LogP contribution in [0.25, 0.3) is 11.0 Å². The van der Waals surface area contributed by atoms with E-state index in [2.05, 4.69) is 38.4 Å². The highest BCUT2D eigenvalue weighted by Crippen LogP contribution is 2.44. The van der Waals surface area contributed by atoms with E-state index in [4.69, 9.17) is 0 Å². The first-order chi connectivity index (χ1) is 13.7. The van der Waals surface area contributed by atoms with E-state index in [-0.39, 0.29) is 11.3 Å². The van der Waals surface area contributed by atoms with Crippen molar-refractivity contribution in [3.8, 4) is 0 Å². The van der Waals surface area contributed by atoms with Crippen molar-refractivity contribution in [2.24, 2.45) is 11.3 Å². The first-order valence-corrected chi connectivity index (χ1v) is 10.3. The summed E-state index contributed by atoms with van der Waals surface area (Å²) in [6.45, 7) is 2.56. The number of imidazole rings is 1. The number of nitrogens with zero attached hydrogens (tertiary/aromatic N) is 2. The molecule has 0 radical (unpaired) electrons. The molecule has 2 atom stereocenters. The highest BCUT2D eigenvalue weighted by molar-refractivity contribution is 5.96. The number of hydrogen-bond donors (Lipinski definition) is 2. The molecule has 0 spiro atoms. The van der Waals surface area contributed by atoms with Crippen molar-refractivity contribution < 1.29 is 4.79 Å². The zero-order valence-corrected chi connectivity index (χ0v) is 16.0. The number of anilines is 1. The van der Waals surface area contributed by atoms with E-state index in [0.29, 0.717) is 5.92 Å². The molecular formula is C23H26N4O. The van der Waals surface area contributed by atoms with Crippen molar-refractivity contribution >= 4 is 22.6 Å². The fourth-order valence-corrected chi connectivity index (χ4v) is 4.97. The highest BCUT2D eigenvalue weighted by atomic mass is 16.2. The number of carbonyl (C=O) groups excluding carboxylic acids is 1. The number of rotatable bonds is 4. The molecule has 5 nitrogen and oxygen atoms in total. The predicted octanol–water partition coefficient (Wildman–Crippen LogP) is 3.80. The second kappa shape index (κ2) is 7.06. The fourth-order valence-electron chi connectivity index (χ4n) is 4.97. The maximum absolute atomic E-state index is 13.1. The van der Waals surface area contributed by atoms with Crippen LogP contribution in [-0.4, -0.2) is 28.5 Å². The first-order valence-electron chi connectivity index (χ1n) is 10.3. The molecule has 2 aromatic carbocycles. The third kappa shape index (κ3) is 3.00. The number of amides is 1. The largest absolute Gasteiger partial charge is 0.326 e. The van der Waals surface area contributed by atoms with Crippen LogP contribution in [0.5, 0.6) is 0 Å². The zero-order chi connectivity index (χ0) is 19.0. The van der Waals surface area contributed by atoms with Gasteiger partial charge >= 0.3 is 0 Å². The number of carbonyl (C=O) groups is 1. The third-order valence-electron chi connectivity index (χ3n) is 6.58. The number of para-hydroxylation sites is 2.